The topological polar surface area (TPSA) is 164 Å². The van der Waals surface area contributed by atoms with Crippen molar-refractivity contribution in [2.24, 2.45) is 7.05 Å². The molecule has 3 fully saturated rings. The van der Waals surface area contributed by atoms with Crippen LogP contribution in [0.5, 0.6) is 5.75 Å². The van der Waals surface area contributed by atoms with Gasteiger partial charge in [-0.05, 0) is 62.4 Å². The number of hydrogen-bond acceptors (Lipinski definition) is 10. The number of aliphatic hydroxyl groups is 2. The van der Waals surface area contributed by atoms with Crippen LogP contribution < -0.4 is 15.5 Å². The van der Waals surface area contributed by atoms with E-state index in [1.54, 1.807) is 48.0 Å². The van der Waals surface area contributed by atoms with Gasteiger partial charge in [0, 0.05) is 44.3 Å². The Balaban J connectivity index is 0.996. The molecule has 6 rings (SSSR count). The van der Waals surface area contributed by atoms with Gasteiger partial charge in [0.15, 0.2) is 9.84 Å². The Kier molecular flexibility index (Phi) is 8.61. The number of benzene rings is 2. The molecule has 1 spiro atoms. The molecule has 3 heterocycles. The Labute approximate surface area is 262 Å². The van der Waals surface area contributed by atoms with Gasteiger partial charge in [0.25, 0.3) is 0 Å². The van der Waals surface area contributed by atoms with Crippen molar-refractivity contribution in [3.05, 3.63) is 65.0 Å². The SMILES string of the molecule is Cn1cc(S(=O)(=O)N2CCC3(CC2)C[C@@H](NC[C@H](O)COc2cccc(S(=O)(=O)C4(CO)CC4)c2)CO3)c(=O)c2ccccc21. The molecular formula is C31H39N3O9S2. The Morgan fingerprint density at radius 1 is 1.07 bits per heavy atom. The molecule has 2 atom stereocenters. The Bertz CT molecular complexity index is 1850. The minimum absolute atomic E-state index is 0.0442. The summed E-state index contributed by atoms with van der Waals surface area (Å²) >= 11 is 0. The molecule has 0 unspecified atom stereocenters. The van der Waals surface area contributed by atoms with E-state index < -0.39 is 48.3 Å². The second kappa shape index (κ2) is 12.1. The van der Waals surface area contributed by atoms with Crippen molar-refractivity contribution >= 4 is 30.8 Å². The standard InChI is InChI=1S/C31H39N3O9S2/c1-33-18-28(29(37)26-7-2-3-8-27(26)33)45(40,41)34-13-11-30(12-14-34)16-22(19-43-30)32-17-23(36)20-42-24-5-4-6-25(15-24)44(38,39)31(21-35)9-10-31/h2-8,15,18,22-23,32,35-36H,9-14,16-17,19-21H2,1H3/t22-,23+/m1/s1. The number of nitrogens with one attached hydrogen (secondary N) is 1. The van der Waals surface area contributed by atoms with Crippen molar-refractivity contribution in [1.29, 1.82) is 0 Å². The number of aryl methyl sites for hydroxylation is 1. The summed E-state index contributed by atoms with van der Waals surface area (Å²) in [5, 5.41) is 23.8. The first-order valence-electron chi connectivity index (χ1n) is 15.1. The lowest BCUT2D eigenvalue weighted by molar-refractivity contribution is -0.0312. The Morgan fingerprint density at radius 3 is 2.51 bits per heavy atom. The van der Waals surface area contributed by atoms with Crippen LogP contribution in [0.3, 0.4) is 0 Å². The van der Waals surface area contributed by atoms with Gasteiger partial charge in [0.2, 0.25) is 15.5 Å². The van der Waals surface area contributed by atoms with Crippen molar-refractivity contribution in [2.45, 2.75) is 64.4 Å². The summed E-state index contributed by atoms with van der Waals surface area (Å²) in [6.45, 7) is 0.632. The maximum Gasteiger partial charge on any atom is 0.248 e. The summed E-state index contributed by atoms with van der Waals surface area (Å²) in [5.41, 5.74) is -0.323. The number of sulfone groups is 1. The van der Waals surface area contributed by atoms with E-state index >= 15 is 0 Å². The minimum atomic E-state index is -4.00. The molecule has 45 heavy (non-hydrogen) atoms. The highest BCUT2D eigenvalue weighted by Crippen LogP contribution is 2.46. The zero-order valence-electron chi connectivity index (χ0n) is 25.1. The van der Waals surface area contributed by atoms with Crippen molar-refractivity contribution in [3.8, 4) is 5.75 Å². The second-order valence-electron chi connectivity index (χ2n) is 12.4. The van der Waals surface area contributed by atoms with E-state index in [9.17, 15) is 31.8 Å². The van der Waals surface area contributed by atoms with Crippen LogP contribution >= 0.6 is 0 Å². The summed E-state index contributed by atoms with van der Waals surface area (Å²) in [6, 6.07) is 13.0. The number of pyridine rings is 1. The van der Waals surface area contributed by atoms with Crippen molar-refractivity contribution < 1.29 is 36.5 Å². The van der Waals surface area contributed by atoms with E-state index in [2.05, 4.69) is 5.32 Å². The van der Waals surface area contributed by atoms with Crippen molar-refractivity contribution in [1.82, 2.24) is 14.2 Å². The highest BCUT2D eigenvalue weighted by atomic mass is 32.2. The number of nitrogens with zero attached hydrogens (tertiary/aromatic N) is 2. The smallest absolute Gasteiger partial charge is 0.248 e. The number of sulfonamides is 1. The average Bonchev–Trinajstić information content (AvgIpc) is 3.77. The summed E-state index contributed by atoms with van der Waals surface area (Å²) < 4.78 is 66.6. The van der Waals surface area contributed by atoms with Gasteiger partial charge in [-0.3, -0.25) is 4.79 Å². The van der Waals surface area contributed by atoms with E-state index in [1.807, 2.05) is 0 Å². The van der Waals surface area contributed by atoms with Crippen LogP contribution in [0.4, 0.5) is 0 Å². The van der Waals surface area contributed by atoms with Gasteiger partial charge in [0.1, 0.15) is 23.4 Å². The lowest BCUT2D eigenvalue weighted by Crippen LogP contribution is -2.47. The average molecular weight is 662 g/mol. The lowest BCUT2D eigenvalue weighted by atomic mass is 9.88. The molecule has 2 aliphatic heterocycles. The first kappa shape index (κ1) is 32.1. The number of aromatic nitrogens is 1. The van der Waals surface area contributed by atoms with Gasteiger partial charge < -0.3 is 29.6 Å². The number of hydrogen-bond donors (Lipinski definition) is 3. The van der Waals surface area contributed by atoms with E-state index in [4.69, 9.17) is 9.47 Å². The molecule has 12 nitrogen and oxygen atoms in total. The number of aliphatic hydroxyl groups excluding tert-OH is 2. The van der Waals surface area contributed by atoms with Gasteiger partial charge in [-0.1, -0.05) is 18.2 Å². The molecule has 3 aliphatic rings. The van der Waals surface area contributed by atoms with Crippen molar-refractivity contribution in [2.75, 3.05) is 39.5 Å². The molecule has 3 N–H and O–H groups in total. The monoisotopic (exact) mass is 661 g/mol. The summed E-state index contributed by atoms with van der Waals surface area (Å²) in [7, 11) is -5.95. The molecule has 1 saturated carbocycles. The molecule has 0 radical (unpaired) electrons. The predicted molar refractivity (Wildman–Crippen MR) is 166 cm³/mol. The Hall–Kier alpha value is -2.85. The van der Waals surface area contributed by atoms with Gasteiger partial charge in [-0.25, -0.2) is 16.8 Å². The fourth-order valence-electron chi connectivity index (χ4n) is 6.38. The number of rotatable bonds is 11. The number of para-hydroxylation sites is 1. The fraction of sp³-hybridized carbons (Fsp3) is 0.516. The molecule has 3 aromatic rings. The van der Waals surface area contributed by atoms with Crippen LogP contribution in [-0.4, -0.2) is 97.9 Å². The molecule has 2 saturated heterocycles. The van der Waals surface area contributed by atoms with Gasteiger partial charge in [-0.2, -0.15) is 4.31 Å². The van der Waals surface area contributed by atoms with Crippen LogP contribution in [0.2, 0.25) is 0 Å². The fourth-order valence-corrected chi connectivity index (χ4v) is 9.79. The molecule has 14 heteroatoms. The third-order valence-electron chi connectivity index (χ3n) is 9.39. The number of piperidine rings is 1. The molecule has 1 aliphatic carbocycles. The largest absolute Gasteiger partial charge is 0.491 e. The maximum atomic E-state index is 13.5. The van der Waals surface area contributed by atoms with E-state index in [0.717, 1.165) is 0 Å². The Morgan fingerprint density at radius 2 is 1.80 bits per heavy atom. The molecule has 0 bridgehead atoms. The lowest BCUT2D eigenvalue weighted by Gasteiger charge is -2.38. The molecule has 1 aromatic heterocycles. The molecule has 0 amide bonds. The summed E-state index contributed by atoms with van der Waals surface area (Å²) in [5.74, 6) is 0.315. The van der Waals surface area contributed by atoms with E-state index in [1.165, 1.54) is 22.6 Å². The number of fused-ring (bicyclic) bond motifs is 1. The third-order valence-corrected chi connectivity index (χ3v) is 13.8. The molecule has 2 aromatic carbocycles. The van der Waals surface area contributed by atoms with Gasteiger partial charge >= 0.3 is 0 Å². The van der Waals surface area contributed by atoms with E-state index in [-0.39, 0.29) is 42.1 Å². The normalized spacial score (nSPS) is 22.1. The summed E-state index contributed by atoms with van der Waals surface area (Å²) in [6.07, 6.45) is 3.00. The van der Waals surface area contributed by atoms with Gasteiger partial charge in [-0.15, -0.1) is 0 Å². The minimum Gasteiger partial charge on any atom is -0.491 e. The first-order valence-corrected chi connectivity index (χ1v) is 18.0. The number of ether oxygens (including phenoxy) is 2. The van der Waals surface area contributed by atoms with Crippen molar-refractivity contribution in [3.63, 3.8) is 0 Å². The highest BCUT2D eigenvalue weighted by Gasteiger charge is 2.54. The molecule has 244 valence electrons. The zero-order chi connectivity index (χ0) is 32.0. The maximum absolute atomic E-state index is 13.5. The van der Waals surface area contributed by atoms with Gasteiger partial charge in [0.05, 0.1) is 34.0 Å². The van der Waals surface area contributed by atoms with Crippen LogP contribution in [0.1, 0.15) is 32.1 Å². The third kappa shape index (κ3) is 6.04. The highest BCUT2D eigenvalue weighted by molar-refractivity contribution is 7.93. The molecular weight excluding hydrogens is 622 g/mol. The predicted octanol–water partition coefficient (Wildman–Crippen LogP) is 1.18. The second-order valence-corrected chi connectivity index (χ2v) is 16.7. The quantitative estimate of drug-likeness (QED) is 0.272. The van der Waals surface area contributed by atoms with Crippen LogP contribution in [0, 0.1) is 0 Å². The summed E-state index contributed by atoms with van der Waals surface area (Å²) in [4.78, 5) is 13.0. The zero-order valence-corrected chi connectivity index (χ0v) is 26.7. The first-order chi connectivity index (χ1) is 21.4. The van der Waals surface area contributed by atoms with E-state index in [0.29, 0.717) is 55.4 Å². The van der Waals surface area contributed by atoms with Crippen LogP contribution in [-0.2, 0) is 31.6 Å². The van der Waals surface area contributed by atoms with Crippen LogP contribution in [0.25, 0.3) is 10.9 Å². The van der Waals surface area contributed by atoms with Crippen LogP contribution in [0.15, 0.2) is 69.3 Å².